The number of rotatable bonds is 1. The number of hydrogen-bond acceptors (Lipinski definition) is 5. The van der Waals surface area contributed by atoms with Crippen molar-refractivity contribution in [3.63, 3.8) is 0 Å². The number of hydrogen-bond donors (Lipinski definition) is 4. The molecule has 6 N–H and O–H groups in total. The zero-order valence-corrected chi connectivity index (χ0v) is 8.46. The Balaban J connectivity index is 0. The molecule has 0 spiro atoms. The first-order valence-corrected chi connectivity index (χ1v) is 3.80. The quantitative estimate of drug-likeness (QED) is 0.473. The van der Waals surface area contributed by atoms with Gasteiger partial charge in [-0.15, -0.1) is 0 Å². The third-order valence-electron chi connectivity index (χ3n) is 1.27. The molecule has 1 aromatic carbocycles. The zero-order valence-electron chi connectivity index (χ0n) is 8.46. The predicted molar refractivity (Wildman–Crippen MR) is 58.2 cm³/mol. The van der Waals surface area contributed by atoms with Crippen molar-refractivity contribution < 1.29 is 15.1 Å². The highest BCUT2D eigenvalue weighted by atomic mass is 16.5. The van der Waals surface area contributed by atoms with E-state index in [-0.39, 0.29) is 6.15 Å². The van der Waals surface area contributed by atoms with Crippen LogP contribution < -0.4 is 11.1 Å². The molecule has 0 saturated carbocycles. The summed E-state index contributed by atoms with van der Waals surface area (Å²) in [7, 11) is 1.91. The SMILES string of the molecule is CN(C)c1ccccc1.N.OB(O)O. The summed E-state index contributed by atoms with van der Waals surface area (Å²) >= 11 is 0. The first-order valence-electron chi connectivity index (χ1n) is 3.80. The molecule has 0 saturated heterocycles. The van der Waals surface area contributed by atoms with Gasteiger partial charge in [0.15, 0.2) is 0 Å². The van der Waals surface area contributed by atoms with Crippen molar-refractivity contribution >= 4 is 13.0 Å². The van der Waals surface area contributed by atoms with E-state index in [4.69, 9.17) is 15.1 Å². The lowest BCUT2D eigenvalue weighted by Crippen LogP contribution is -2.07. The van der Waals surface area contributed by atoms with Gasteiger partial charge in [0.05, 0.1) is 0 Å². The van der Waals surface area contributed by atoms with Gasteiger partial charge < -0.3 is 26.1 Å². The summed E-state index contributed by atoms with van der Waals surface area (Å²) in [6, 6.07) is 10.3. The molecule has 0 aliphatic rings. The molecule has 6 heteroatoms. The largest absolute Gasteiger partial charge is 0.631 e. The number of anilines is 1. The molecular weight excluding hydrogens is 183 g/mol. The van der Waals surface area contributed by atoms with Crippen LogP contribution in [0.1, 0.15) is 0 Å². The topological polar surface area (TPSA) is 98.9 Å². The van der Waals surface area contributed by atoms with E-state index in [0.717, 1.165) is 0 Å². The molecule has 1 rings (SSSR count). The molecule has 80 valence electrons. The molecule has 0 bridgehead atoms. The van der Waals surface area contributed by atoms with E-state index in [0.29, 0.717) is 0 Å². The maximum Gasteiger partial charge on any atom is 0.631 e. The van der Waals surface area contributed by atoms with Gasteiger partial charge in [0.2, 0.25) is 0 Å². The van der Waals surface area contributed by atoms with Gasteiger partial charge in [0.1, 0.15) is 0 Å². The molecule has 1 aromatic rings. The molecule has 14 heavy (non-hydrogen) atoms. The summed E-state index contributed by atoms with van der Waals surface area (Å²) in [6.45, 7) is 0. The summed E-state index contributed by atoms with van der Waals surface area (Å²) in [5.41, 5.74) is 1.25. The fourth-order valence-electron chi connectivity index (χ4n) is 0.726. The fraction of sp³-hybridized carbons (Fsp3) is 0.250. The second kappa shape index (κ2) is 8.52. The summed E-state index contributed by atoms with van der Waals surface area (Å²) < 4.78 is 0. The van der Waals surface area contributed by atoms with Crippen LogP contribution in [-0.4, -0.2) is 36.5 Å². The van der Waals surface area contributed by atoms with E-state index in [2.05, 4.69) is 17.0 Å². The highest BCUT2D eigenvalue weighted by molar-refractivity contribution is 6.30. The second-order valence-electron chi connectivity index (χ2n) is 2.58. The molecule has 0 heterocycles. The maximum atomic E-state index is 7.17. The molecule has 0 aliphatic heterocycles. The van der Waals surface area contributed by atoms with E-state index < -0.39 is 7.32 Å². The first-order chi connectivity index (χ1) is 6.04. The van der Waals surface area contributed by atoms with E-state index in [1.54, 1.807) is 0 Å². The first kappa shape index (κ1) is 15.4. The highest BCUT2D eigenvalue weighted by Gasteiger charge is 1.92. The fourth-order valence-corrected chi connectivity index (χ4v) is 0.726. The number of para-hydroxylation sites is 1. The molecule has 0 radical (unpaired) electrons. The summed E-state index contributed by atoms with van der Waals surface area (Å²) in [6.07, 6.45) is 0. The van der Waals surface area contributed by atoms with E-state index >= 15 is 0 Å². The van der Waals surface area contributed by atoms with Crippen molar-refractivity contribution in [3.8, 4) is 0 Å². The third kappa shape index (κ3) is 9.02. The molecule has 0 unspecified atom stereocenters. The van der Waals surface area contributed by atoms with Gasteiger partial charge in [-0.1, -0.05) is 18.2 Å². The van der Waals surface area contributed by atoms with Crippen LogP contribution in [0.15, 0.2) is 30.3 Å². The Morgan fingerprint density at radius 2 is 1.36 bits per heavy atom. The monoisotopic (exact) mass is 200 g/mol. The van der Waals surface area contributed by atoms with Crippen LogP contribution in [0.2, 0.25) is 0 Å². The van der Waals surface area contributed by atoms with Crippen LogP contribution in [0, 0.1) is 0 Å². The average Bonchev–Trinajstić information content (AvgIpc) is 2.05. The van der Waals surface area contributed by atoms with Gasteiger partial charge in [-0.25, -0.2) is 0 Å². The summed E-state index contributed by atoms with van der Waals surface area (Å²) in [5, 5.41) is 21.5. The van der Waals surface area contributed by atoms with Gasteiger partial charge in [0, 0.05) is 19.8 Å². The summed E-state index contributed by atoms with van der Waals surface area (Å²) in [4.78, 5) is 2.08. The van der Waals surface area contributed by atoms with Gasteiger partial charge in [-0.3, -0.25) is 0 Å². The molecule has 5 nitrogen and oxygen atoms in total. The van der Waals surface area contributed by atoms with Crippen LogP contribution in [0.5, 0.6) is 0 Å². The van der Waals surface area contributed by atoms with Crippen molar-refractivity contribution in [2.45, 2.75) is 0 Å². The van der Waals surface area contributed by atoms with Crippen LogP contribution in [0.3, 0.4) is 0 Å². The Bertz CT molecular complexity index is 216. The smallest absolute Gasteiger partial charge is 0.402 e. The van der Waals surface area contributed by atoms with Crippen molar-refractivity contribution in [2.24, 2.45) is 0 Å². The van der Waals surface area contributed by atoms with Crippen LogP contribution in [0.25, 0.3) is 0 Å². The lowest BCUT2D eigenvalue weighted by atomic mass is 10.3. The normalized spacial score (nSPS) is 7.79. The predicted octanol–water partition coefficient (Wildman–Crippen LogP) is -0.137. The Kier molecular flexibility index (Phi) is 9.37. The zero-order chi connectivity index (χ0) is 10.3. The van der Waals surface area contributed by atoms with Crippen LogP contribution in [-0.2, 0) is 0 Å². The lowest BCUT2D eigenvalue weighted by molar-refractivity contribution is 0.278. The van der Waals surface area contributed by atoms with Gasteiger partial charge in [-0.05, 0) is 12.1 Å². The minimum Gasteiger partial charge on any atom is -0.402 e. The Hall–Kier alpha value is -1.08. The van der Waals surface area contributed by atoms with E-state index in [1.165, 1.54) is 5.69 Å². The Labute approximate surface area is 84.4 Å². The van der Waals surface area contributed by atoms with Gasteiger partial charge >= 0.3 is 7.32 Å². The van der Waals surface area contributed by atoms with Crippen LogP contribution >= 0.6 is 0 Å². The molecule has 0 aliphatic carbocycles. The van der Waals surface area contributed by atoms with Gasteiger partial charge in [0.25, 0.3) is 0 Å². The van der Waals surface area contributed by atoms with Crippen molar-refractivity contribution in [2.75, 3.05) is 19.0 Å². The molecule has 0 fully saturated rings. The van der Waals surface area contributed by atoms with E-state index in [1.807, 2.05) is 32.3 Å². The molecule has 0 amide bonds. The highest BCUT2D eigenvalue weighted by Crippen LogP contribution is 2.07. The van der Waals surface area contributed by atoms with E-state index in [9.17, 15) is 0 Å². The van der Waals surface area contributed by atoms with Crippen molar-refractivity contribution in [3.05, 3.63) is 30.3 Å². The molecular formula is C8H17BN2O3. The number of benzene rings is 1. The maximum absolute atomic E-state index is 7.17. The third-order valence-corrected chi connectivity index (χ3v) is 1.27. The molecule has 0 atom stereocenters. The van der Waals surface area contributed by atoms with Crippen LogP contribution in [0.4, 0.5) is 5.69 Å². The standard InChI is InChI=1S/C8H11N.BH3O3.H3N/c1-9(2)8-6-4-3-5-7-8;2-1(3)4;/h3-7H,1-2H3;2-4H;1H3. The summed E-state index contributed by atoms with van der Waals surface area (Å²) in [5.74, 6) is 0. The minimum absolute atomic E-state index is 0. The van der Waals surface area contributed by atoms with Crippen molar-refractivity contribution in [1.82, 2.24) is 6.15 Å². The second-order valence-corrected chi connectivity index (χ2v) is 2.58. The Morgan fingerprint density at radius 1 is 1.00 bits per heavy atom. The average molecular weight is 200 g/mol. The Morgan fingerprint density at radius 3 is 1.57 bits per heavy atom. The number of nitrogens with zero attached hydrogens (tertiary/aromatic N) is 1. The van der Waals surface area contributed by atoms with Crippen molar-refractivity contribution in [1.29, 1.82) is 0 Å². The minimum atomic E-state index is -2.17. The lowest BCUT2D eigenvalue weighted by Gasteiger charge is -2.10. The van der Waals surface area contributed by atoms with Gasteiger partial charge in [-0.2, -0.15) is 0 Å². The molecule has 0 aromatic heterocycles.